The first kappa shape index (κ1) is 18.1. The largest absolute Gasteiger partial charge is 0.497 e. The molecule has 0 heterocycles. The van der Waals surface area contributed by atoms with Crippen LogP contribution in [-0.4, -0.2) is 26.2 Å². The second-order valence-electron chi connectivity index (χ2n) is 5.61. The molecule has 128 valence electrons. The summed E-state index contributed by atoms with van der Waals surface area (Å²) >= 11 is 6.12. The van der Waals surface area contributed by atoms with Gasteiger partial charge in [0.25, 0.3) is 5.91 Å². The minimum atomic E-state index is -0.145. The Morgan fingerprint density at radius 2 is 1.71 bits per heavy atom. The smallest absolute Gasteiger partial charge is 0.257 e. The Morgan fingerprint density at radius 3 is 2.29 bits per heavy atom. The minimum absolute atomic E-state index is 0.0108. The summed E-state index contributed by atoms with van der Waals surface area (Å²) in [6, 6.07) is 11.5. The number of methoxy groups -OCH3 is 1. The molecule has 5 heteroatoms. The quantitative estimate of drug-likeness (QED) is 0.830. The summed E-state index contributed by atoms with van der Waals surface area (Å²) in [6.07, 6.45) is 0.759. The number of carbonyl (C=O) groups is 1. The standard InChI is InChI=1S/C19H22ClNO3/c1-13-10-17(11-14(2)19(13)20)24-12-18(22)21-9-8-15-4-6-16(23-3)7-5-15/h4-7,10-11H,8-9,12H2,1-3H3,(H,21,22). The molecule has 2 aromatic carbocycles. The summed E-state index contributed by atoms with van der Waals surface area (Å²) in [7, 11) is 1.64. The number of nitrogens with one attached hydrogen (secondary N) is 1. The van der Waals surface area contributed by atoms with Gasteiger partial charge in [0.15, 0.2) is 6.61 Å². The average Bonchev–Trinajstić information content (AvgIpc) is 2.58. The maximum absolute atomic E-state index is 11.9. The molecule has 0 aliphatic heterocycles. The van der Waals surface area contributed by atoms with E-state index in [4.69, 9.17) is 21.1 Å². The van der Waals surface area contributed by atoms with Crippen LogP contribution in [-0.2, 0) is 11.2 Å². The van der Waals surface area contributed by atoms with E-state index in [1.807, 2.05) is 50.2 Å². The van der Waals surface area contributed by atoms with Crippen LogP contribution >= 0.6 is 11.6 Å². The Morgan fingerprint density at radius 1 is 1.08 bits per heavy atom. The summed E-state index contributed by atoms with van der Waals surface area (Å²) < 4.78 is 10.6. The summed E-state index contributed by atoms with van der Waals surface area (Å²) in [5.41, 5.74) is 3.01. The molecule has 1 N–H and O–H groups in total. The second-order valence-corrected chi connectivity index (χ2v) is 5.99. The summed E-state index contributed by atoms with van der Waals surface area (Å²) in [5, 5.41) is 3.58. The van der Waals surface area contributed by atoms with Crippen LogP contribution in [0.25, 0.3) is 0 Å². The van der Waals surface area contributed by atoms with Gasteiger partial charge in [-0.3, -0.25) is 4.79 Å². The Balaban J connectivity index is 1.75. The first-order chi connectivity index (χ1) is 11.5. The van der Waals surface area contributed by atoms with E-state index in [9.17, 15) is 4.79 Å². The molecule has 0 aromatic heterocycles. The predicted octanol–water partition coefficient (Wildman–Crippen LogP) is 3.70. The zero-order valence-corrected chi connectivity index (χ0v) is 14.9. The van der Waals surface area contributed by atoms with E-state index in [0.29, 0.717) is 12.3 Å². The van der Waals surface area contributed by atoms with E-state index in [2.05, 4.69) is 5.32 Å². The zero-order chi connectivity index (χ0) is 17.5. The molecule has 2 rings (SSSR count). The molecule has 0 atom stereocenters. The number of amides is 1. The van der Waals surface area contributed by atoms with E-state index in [1.165, 1.54) is 0 Å². The monoisotopic (exact) mass is 347 g/mol. The van der Waals surface area contributed by atoms with Crippen molar-refractivity contribution in [2.75, 3.05) is 20.3 Å². The fourth-order valence-electron chi connectivity index (χ4n) is 2.33. The number of benzene rings is 2. The van der Waals surface area contributed by atoms with Crippen molar-refractivity contribution in [3.05, 3.63) is 58.1 Å². The highest BCUT2D eigenvalue weighted by atomic mass is 35.5. The van der Waals surface area contributed by atoms with Gasteiger partial charge in [-0.1, -0.05) is 23.7 Å². The maximum Gasteiger partial charge on any atom is 0.257 e. The normalized spacial score (nSPS) is 10.3. The van der Waals surface area contributed by atoms with Crippen molar-refractivity contribution in [2.45, 2.75) is 20.3 Å². The summed E-state index contributed by atoms with van der Waals surface area (Å²) in [5.74, 6) is 1.33. The van der Waals surface area contributed by atoms with Crippen molar-refractivity contribution in [2.24, 2.45) is 0 Å². The molecule has 0 unspecified atom stereocenters. The van der Waals surface area contributed by atoms with Crippen LogP contribution in [0.15, 0.2) is 36.4 Å². The molecule has 0 saturated carbocycles. The second kappa shape index (κ2) is 8.60. The lowest BCUT2D eigenvalue weighted by molar-refractivity contribution is -0.123. The van der Waals surface area contributed by atoms with Gasteiger partial charge in [0.1, 0.15) is 11.5 Å². The third-order valence-electron chi connectivity index (χ3n) is 3.67. The van der Waals surface area contributed by atoms with Gasteiger partial charge in [0.05, 0.1) is 7.11 Å². The topological polar surface area (TPSA) is 47.6 Å². The maximum atomic E-state index is 11.9. The van der Waals surface area contributed by atoms with Gasteiger partial charge in [-0.25, -0.2) is 0 Å². The Labute approximate surface area is 147 Å². The van der Waals surface area contributed by atoms with E-state index < -0.39 is 0 Å². The lowest BCUT2D eigenvalue weighted by Gasteiger charge is -2.10. The van der Waals surface area contributed by atoms with Crippen LogP contribution in [0.2, 0.25) is 5.02 Å². The predicted molar refractivity (Wildman–Crippen MR) is 96.1 cm³/mol. The number of hydrogen-bond donors (Lipinski definition) is 1. The van der Waals surface area contributed by atoms with Crippen LogP contribution in [0.4, 0.5) is 0 Å². The highest BCUT2D eigenvalue weighted by Gasteiger charge is 2.06. The zero-order valence-electron chi connectivity index (χ0n) is 14.2. The fraction of sp³-hybridized carbons (Fsp3) is 0.316. The number of aryl methyl sites for hydroxylation is 2. The van der Waals surface area contributed by atoms with Crippen LogP contribution in [0.1, 0.15) is 16.7 Å². The van der Waals surface area contributed by atoms with Crippen molar-refractivity contribution in [1.29, 1.82) is 0 Å². The van der Waals surface area contributed by atoms with Crippen LogP contribution < -0.4 is 14.8 Å². The Bertz CT molecular complexity index is 675. The van der Waals surface area contributed by atoms with Gasteiger partial charge in [-0.15, -0.1) is 0 Å². The van der Waals surface area contributed by atoms with E-state index in [-0.39, 0.29) is 12.5 Å². The molecule has 0 bridgehead atoms. The Kier molecular flexibility index (Phi) is 6.50. The number of hydrogen-bond acceptors (Lipinski definition) is 3. The molecule has 1 amide bonds. The van der Waals surface area contributed by atoms with Crippen molar-refractivity contribution < 1.29 is 14.3 Å². The van der Waals surface area contributed by atoms with Crippen molar-refractivity contribution >= 4 is 17.5 Å². The molecule has 4 nitrogen and oxygen atoms in total. The number of rotatable bonds is 7. The first-order valence-corrected chi connectivity index (χ1v) is 8.16. The van der Waals surface area contributed by atoms with Crippen LogP contribution in [0, 0.1) is 13.8 Å². The fourth-order valence-corrected chi connectivity index (χ4v) is 2.44. The van der Waals surface area contributed by atoms with E-state index in [0.717, 1.165) is 33.9 Å². The van der Waals surface area contributed by atoms with E-state index in [1.54, 1.807) is 7.11 Å². The number of halogens is 1. The number of ether oxygens (including phenoxy) is 2. The van der Waals surface area contributed by atoms with Crippen molar-refractivity contribution in [3.8, 4) is 11.5 Å². The first-order valence-electron chi connectivity index (χ1n) is 7.79. The molecular weight excluding hydrogens is 326 g/mol. The molecule has 0 saturated heterocycles. The third kappa shape index (κ3) is 5.17. The number of carbonyl (C=O) groups excluding carboxylic acids is 1. The van der Waals surface area contributed by atoms with Crippen molar-refractivity contribution in [1.82, 2.24) is 5.32 Å². The molecular formula is C19H22ClNO3. The summed E-state index contributed by atoms with van der Waals surface area (Å²) in [6.45, 7) is 4.38. The molecule has 0 fully saturated rings. The highest BCUT2D eigenvalue weighted by molar-refractivity contribution is 6.32. The van der Waals surface area contributed by atoms with Gasteiger partial charge in [0.2, 0.25) is 0 Å². The Hall–Kier alpha value is -2.20. The van der Waals surface area contributed by atoms with Crippen LogP contribution in [0.3, 0.4) is 0 Å². The third-order valence-corrected chi connectivity index (χ3v) is 4.27. The van der Waals surface area contributed by atoms with Gasteiger partial charge < -0.3 is 14.8 Å². The SMILES string of the molecule is COc1ccc(CCNC(=O)COc2cc(C)c(Cl)c(C)c2)cc1. The average molecular weight is 348 g/mol. The van der Waals surface area contributed by atoms with Gasteiger partial charge in [-0.05, 0) is 61.2 Å². The van der Waals surface area contributed by atoms with Gasteiger partial charge in [-0.2, -0.15) is 0 Å². The van der Waals surface area contributed by atoms with Crippen LogP contribution in [0.5, 0.6) is 11.5 Å². The highest BCUT2D eigenvalue weighted by Crippen LogP contribution is 2.25. The minimum Gasteiger partial charge on any atom is -0.497 e. The molecule has 0 aliphatic rings. The van der Waals surface area contributed by atoms with Crippen molar-refractivity contribution in [3.63, 3.8) is 0 Å². The molecule has 0 spiro atoms. The van der Waals surface area contributed by atoms with Gasteiger partial charge in [0, 0.05) is 11.6 Å². The molecule has 2 aromatic rings. The molecule has 0 aliphatic carbocycles. The van der Waals surface area contributed by atoms with E-state index >= 15 is 0 Å². The molecule has 0 radical (unpaired) electrons. The van der Waals surface area contributed by atoms with Gasteiger partial charge >= 0.3 is 0 Å². The lowest BCUT2D eigenvalue weighted by Crippen LogP contribution is -2.30. The summed E-state index contributed by atoms with van der Waals surface area (Å²) in [4.78, 5) is 11.9. The molecule has 24 heavy (non-hydrogen) atoms. The lowest BCUT2D eigenvalue weighted by atomic mass is 10.1.